The molecule has 7 nitrogen and oxygen atoms in total. The number of rotatable bonds is 4. The molecule has 1 aromatic carbocycles. The molecule has 2 N–H and O–H groups in total. The topological polar surface area (TPSA) is 93.5 Å². The molecule has 25 heavy (non-hydrogen) atoms. The predicted octanol–water partition coefficient (Wildman–Crippen LogP) is 2.63. The number of carbonyl (C=O) groups is 2. The van der Waals surface area contributed by atoms with Crippen LogP contribution in [0.15, 0.2) is 24.4 Å². The summed E-state index contributed by atoms with van der Waals surface area (Å²) in [4.78, 5) is 23.4. The van der Waals surface area contributed by atoms with Crippen LogP contribution in [0.5, 0.6) is 0 Å². The van der Waals surface area contributed by atoms with Crippen molar-refractivity contribution in [2.75, 3.05) is 18.5 Å². The normalized spacial score (nSPS) is 15.1. The van der Waals surface area contributed by atoms with E-state index in [0.717, 1.165) is 31.0 Å². The minimum atomic E-state index is -1.20. The molecule has 1 aliphatic heterocycles. The molecule has 0 bridgehead atoms. The second kappa shape index (κ2) is 7.02. The molecular weight excluding hydrogens is 329 g/mol. The highest BCUT2D eigenvalue weighted by molar-refractivity contribution is 6.04. The number of nitrogens with zero attached hydrogens (tertiary/aromatic N) is 2. The molecule has 2 heterocycles. The Labute approximate surface area is 143 Å². The molecule has 0 aliphatic carbocycles. The third kappa shape index (κ3) is 3.69. The summed E-state index contributed by atoms with van der Waals surface area (Å²) in [6.45, 7) is 3.05. The van der Waals surface area contributed by atoms with Crippen LogP contribution in [0.1, 0.15) is 45.3 Å². The van der Waals surface area contributed by atoms with E-state index in [1.54, 1.807) is 17.8 Å². The zero-order valence-electron chi connectivity index (χ0n) is 13.7. The molecule has 132 valence electrons. The molecule has 2 aromatic rings. The number of halogens is 1. The van der Waals surface area contributed by atoms with Gasteiger partial charge in [-0.3, -0.25) is 9.48 Å². The lowest BCUT2D eigenvalue weighted by molar-refractivity contribution is 0.0660. The summed E-state index contributed by atoms with van der Waals surface area (Å²) in [5.74, 6) is -2.49. The summed E-state index contributed by atoms with van der Waals surface area (Å²) in [6.07, 6.45) is 3.42. The minimum Gasteiger partial charge on any atom is -0.478 e. The molecule has 1 saturated heterocycles. The van der Waals surface area contributed by atoms with Crippen molar-refractivity contribution in [3.63, 3.8) is 0 Å². The van der Waals surface area contributed by atoms with Crippen molar-refractivity contribution < 1.29 is 23.8 Å². The van der Waals surface area contributed by atoms with Crippen molar-refractivity contribution in [1.82, 2.24) is 9.78 Å². The van der Waals surface area contributed by atoms with Gasteiger partial charge in [0.1, 0.15) is 5.82 Å². The summed E-state index contributed by atoms with van der Waals surface area (Å²) in [6, 6.07) is 3.40. The summed E-state index contributed by atoms with van der Waals surface area (Å²) >= 11 is 0. The van der Waals surface area contributed by atoms with Crippen LogP contribution in [0, 0.1) is 12.7 Å². The first-order valence-electron chi connectivity index (χ1n) is 7.93. The number of benzene rings is 1. The summed E-state index contributed by atoms with van der Waals surface area (Å²) in [7, 11) is 0. The van der Waals surface area contributed by atoms with Crippen LogP contribution in [0.4, 0.5) is 10.1 Å². The smallest absolute Gasteiger partial charge is 0.335 e. The lowest BCUT2D eigenvalue weighted by Crippen LogP contribution is -2.21. The van der Waals surface area contributed by atoms with E-state index >= 15 is 0 Å². The zero-order valence-corrected chi connectivity index (χ0v) is 13.7. The van der Waals surface area contributed by atoms with E-state index in [2.05, 4.69) is 10.4 Å². The molecule has 1 amide bonds. The Morgan fingerprint density at radius 2 is 2.08 bits per heavy atom. The Morgan fingerprint density at radius 3 is 2.76 bits per heavy atom. The summed E-state index contributed by atoms with van der Waals surface area (Å²) in [5, 5.41) is 15.7. The number of ether oxygens (including phenoxy) is 1. The average molecular weight is 347 g/mol. The Hall–Kier alpha value is -2.74. The Kier molecular flexibility index (Phi) is 4.80. The first-order valence-corrected chi connectivity index (χ1v) is 7.93. The largest absolute Gasteiger partial charge is 0.478 e. The van der Waals surface area contributed by atoms with Crippen LogP contribution in [-0.4, -0.2) is 40.0 Å². The van der Waals surface area contributed by atoms with Gasteiger partial charge < -0.3 is 15.2 Å². The van der Waals surface area contributed by atoms with Gasteiger partial charge in [0.15, 0.2) is 5.69 Å². The minimum absolute atomic E-state index is 0.110. The van der Waals surface area contributed by atoms with Crippen molar-refractivity contribution in [2.45, 2.75) is 25.8 Å². The number of carbonyl (C=O) groups excluding carboxylic acids is 1. The van der Waals surface area contributed by atoms with Crippen LogP contribution >= 0.6 is 0 Å². The quantitative estimate of drug-likeness (QED) is 0.887. The standard InChI is InChI=1S/C17H18FN3O4/c1-10-9-21(12-4-6-25-7-5-12)20-15(10)16(22)19-14-8-11(17(23)24)2-3-13(14)18/h2-3,8-9,12H,4-7H2,1H3,(H,19,22)(H,23,24). The zero-order chi connectivity index (χ0) is 18.0. The fourth-order valence-electron chi connectivity index (χ4n) is 2.78. The number of amides is 1. The second-order valence-electron chi connectivity index (χ2n) is 5.94. The SMILES string of the molecule is Cc1cn(C2CCOCC2)nc1C(=O)Nc1cc(C(=O)O)ccc1F. The average Bonchev–Trinajstić information content (AvgIpc) is 2.99. The maximum absolute atomic E-state index is 13.9. The van der Waals surface area contributed by atoms with Gasteiger partial charge >= 0.3 is 5.97 Å². The molecule has 8 heteroatoms. The molecule has 3 rings (SSSR count). The number of aromatic carboxylic acids is 1. The van der Waals surface area contributed by atoms with Gasteiger partial charge in [-0.2, -0.15) is 5.10 Å². The van der Waals surface area contributed by atoms with Crippen molar-refractivity contribution in [3.05, 3.63) is 47.0 Å². The Morgan fingerprint density at radius 1 is 1.36 bits per heavy atom. The summed E-state index contributed by atoms with van der Waals surface area (Å²) in [5.41, 5.74) is 0.552. The lowest BCUT2D eigenvalue weighted by atomic mass is 10.1. The van der Waals surface area contributed by atoms with E-state index in [0.29, 0.717) is 18.8 Å². The van der Waals surface area contributed by atoms with E-state index in [9.17, 15) is 14.0 Å². The first-order chi connectivity index (χ1) is 12.0. The molecule has 1 aliphatic rings. The van der Waals surface area contributed by atoms with Gasteiger partial charge in [0.2, 0.25) is 0 Å². The highest BCUT2D eigenvalue weighted by Crippen LogP contribution is 2.22. The number of carboxylic acids is 1. The second-order valence-corrected chi connectivity index (χ2v) is 5.94. The fourth-order valence-corrected chi connectivity index (χ4v) is 2.78. The number of carboxylic acid groups (broad SMARTS) is 1. The number of anilines is 1. The maximum Gasteiger partial charge on any atom is 0.335 e. The van der Waals surface area contributed by atoms with Gasteiger partial charge in [-0.15, -0.1) is 0 Å². The van der Waals surface area contributed by atoms with Crippen molar-refractivity contribution in [3.8, 4) is 0 Å². The van der Waals surface area contributed by atoms with Gasteiger partial charge in [0, 0.05) is 25.0 Å². The monoisotopic (exact) mass is 347 g/mol. The third-order valence-electron chi connectivity index (χ3n) is 4.16. The van der Waals surface area contributed by atoms with Crippen molar-refractivity contribution in [1.29, 1.82) is 0 Å². The molecular formula is C17H18FN3O4. The van der Waals surface area contributed by atoms with Crippen molar-refractivity contribution >= 4 is 17.6 Å². The molecule has 0 radical (unpaired) electrons. The van der Waals surface area contributed by atoms with Crippen molar-refractivity contribution in [2.24, 2.45) is 0 Å². The number of nitrogens with one attached hydrogen (secondary N) is 1. The van der Waals surface area contributed by atoms with E-state index < -0.39 is 17.7 Å². The van der Waals surface area contributed by atoms with Gasteiger partial charge in [0.05, 0.1) is 17.3 Å². The molecule has 0 saturated carbocycles. The van der Waals surface area contributed by atoms with Gasteiger partial charge in [-0.25, -0.2) is 9.18 Å². The van der Waals surface area contributed by atoms with E-state index in [4.69, 9.17) is 9.84 Å². The van der Waals surface area contributed by atoms with E-state index in [1.807, 2.05) is 0 Å². The highest BCUT2D eigenvalue weighted by Gasteiger charge is 2.21. The molecule has 1 fully saturated rings. The number of aromatic nitrogens is 2. The van der Waals surface area contributed by atoms with Crippen LogP contribution in [0.25, 0.3) is 0 Å². The van der Waals surface area contributed by atoms with E-state index in [1.165, 1.54) is 0 Å². The van der Waals surface area contributed by atoms with Gasteiger partial charge in [0.25, 0.3) is 5.91 Å². The number of aryl methyl sites for hydroxylation is 1. The van der Waals surface area contributed by atoms with Crippen LogP contribution in [-0.2, 0) is 4.74 Å². The molecule has 0 spiro atoms. The molecule has 0 atom stereocenters. The fraction of sp³-hybridized carbons (Fsp3) is 0.353. The van der Waals surface area contributed by atoms with Gasteiger partial charge in [-0.1, -0.05) is 0 Å². The van der Waals surface area contributed by atoms with E-state index in [-0.39, 0.29) is 23.0 Å². The van der Waals surface area contributed by atoms with Crippen LogP contribution in [0.2, 0.25) is 0 Å². The molecule has 1 aromatic heterocycles. The third-order valence-corrected chi connectivity index (χ3v) is 4.16. The first kappa shape index (κ1) is 17.1. The number of hydrogen-bond acceptors (Lipinski definition) is 4. The predicted molar refractivity (Wildman–Crippen MR) is 87.4 cm³/mol. The van der Waals surface area contributed by atoms with Gasteiger partial charge in [-0.05, 0) is 38.0 Å². The Bertz CT molecular complexity index is 812. The Balaban J connectivity index is 1.81. The maximum atomic E-state index is 13.9. The lowest BCUT2D eigenvalue weighted by Gasteiger charge is -2.22. The molecule has 0 unspecified atom stereocenters. The summed E-state index contributed by atoms with van der Waals surface area (Å²) < 4.78 is 20.9. The van der Waals surface area contributed by atoms with Crippen LogP contribution in [0.3, 0.4) is 0 Å². The number of hydrogen-bond donors (Lipinski definition) is 2. The van der Waals surface area contributed by atoms with Crippen LogP contribution < -0.4 is 5.32 Å². The highest BCUT2D eigenvalue weighted by atomic mass is 19.1.